The van der Waals surface area contributed by atoms with Crippen LogP contribution in [0.1, 0.15) is 24.5 Å². The van der Waals surface area contributed by atoms with Gasteiger partial charge in [0.1, 0.15) is 0 Å². The Morgan fingerprint density at radius 3 is 2.38 bits per heavy atom. The van der Waals surface area contributed by atoms with Crippen molar-refractivity contribution >= 4 is 34.6 Å². The van der Waals surface area contributed by atoms with E-state index in [-0.39, 0.29) is 10.6 Å². The van der Waals surface area contributed by atoms with E-state index in [2.05, 4.69) is 5.10 Å². The summed E-state index contributed by atoms with van der Waals surface area (Å²) in [6.45, 7) is 1.95. The molecule has 3 rings (SSSR count). The summed E-state index contributed by atoms with van der Waals surface area (Å²) in [4.78, 5) is 0.109. The fourth-order valence-corrected chi connectivity index (χ4v) is 5.49. The molecule has 29 heavy (non-hydrogen) atoms. The van der Waals surface area contributed by atoms with Gasteiger partial charge in [-0.3, -0.25) is 0 Å². The van der Waals surface area contributed by atoms with Crippen LogP contribution >= 0.6 is 0 Å². The zero-order valence-corrected chi connectivity index (χ0v) is 18.7. The molecule has 0 fully saturated rings. The number of anilines is 1. The Labute approximate surface area is 177 Å². The van der Waals surface area contributed by atoms with Gasteiger partial charge in [-0.1, -0.05) is 0 Å². The summed E-state index contributed by atoms with van der Waals surface area (Å²) < 4.78 is 67.7. The number of rotatable bonds is 6. The molecule has 0 N–H and O–H groups in total. The van der Waals surface area contributed by atoms with Crippen molar-refractivity contribution in [2.75, 3.05) is 3.01 Å². The van der Waals surface area contributed by atoms with E-state index < -0.39 is 21.8 Å². The molecule has 0 aliphatic rings. The first kappa shape index (κ1) is 21.5. The van der Waals surface area contributed by atoms with Gasteiger partial charge in [0.2, 0.25) is 0 Å². The molecule has 0 saturated heterocycles. The zero-order chi connectivity index (χ0) is 21.2. The van der Waals surface area contributed by atoms with Gasteiger partial charge >= 0.3 is 178 Å². The predicted molar refractivity (Wildman–Crippen MR) is 104 cm³/mol. The third-order valence-electron chi connectivity index (χ3n) is 4.29. The Morgan fingerprint density at radius 2 is 1.79 bits per heavy atom. The molecule has 0 aliphatic carbocycles. The minimum atomic E-state index is -4.54. The molecule has 0 atom stereocenters. The summed E-state index contributed by atoms with van der Waals surface area (Å²) in [7, 11) is -3.89. The number of alkyl halides is 3. The third kappa shape index (κ3) is 4.38. The normalized spacial score (nSPS) is 12.1. The van der Waals surface area contributed by atoms with Gasteiger partial charge in [0.05, 0.1) is 0 Å². The van der Waals surface area contributed by atoms with Crippen molar-refractivity contribution < 1.29 is 21.6 Å². The average molecular weight is 478 g/mol. The Hall–Kier alpha value is -2.17. The molecule has 0 aliphatic heterocycles. The molecule has 0 saturated carbocycles. The van der Waals surface area contributed by atoms with Crippen LogP contribution in [0.4, 0.5) is 18.9 Å². The fourth-order valence-electron chi connectivity index (χ4n) is 2.92. The minimum absolute atomic E-state index is 0.109. The van der Waals surface area contributed by atoms with Crippen LogP contribution in [0.3, 0.4) is 0 Å². The van der Waals surface area contributed by atoms with Crippen molar-refractivity contribution in [3.63, 3.8) is 0 Å². The van der Waals surface area contributed by atoms with Crippen LogP contribution < -0.4 is 3.01 Å². The first-order valence-electron chi connectivity index (χ1n) is 8.75. The number of hydrogen-bond acceptors (Lipinski definition) is 3. The Morgan fingerprint density at radius 1 is 1.10 bits per heavy atom. The second-order valence-electron chi connectivity index (χ2n) is 6.32. The van der Waals surface area contributed by atoms with E-state index in [1.54, 1.807) is 36.4 Å². The van der Waals surface area contributed by atoms with E-state index in [1.807, 2.05) is 6.92 Å². The molecule has 0 spiro atoms. The van der Waals surface area contributed by atoms with Crippen molar-refractivity contribution in [2.45, 2.75) is 30.8 Å². The fraction of sp³-hybridized carbons (Fsp3) is 0.211. The van der Waals surface area contributed by atoms with Crippen LogP contribution in [-0.2, 0) is 22.6 Å². The number of hydrogen-bond donors (Lipinski definition) is 0. The predicted octanol–water partition coefficient (Wildman–Crippen LogP) is 4.12. The van der Waals surface area contributed by atoms with Crippen LogP contribution in [0.15, 0.2) is 65.8 Å². The Kier molecular flexibility index (Phi) is 6.15. The first-order chi connectivity index (χ1) is 13.7. The van der Waals surface area contributed by atoms with Crippen LogP contribution in [0.5, 0.6) is 0 Å². The second kappa shape index (κ2) is 8.29. The Bertz CT molecular complexity index is 1100. The molecule has 1 aromatic heterocycles. The second-order valence-corrected chi connectivity index (χ2v) is 10.0. The summed E-state index contributed by atoms with van der Waals surface area (Å²) >= 11 is 0.816. The third-order valence-corrected chi connectivity index (χ3v) is 8.15. The summed E-state index contributed by atoms with van der Waals surface area (Å²) in [5.74, 6) is 0. The van der Waals surface area contributed by atoms with E-state index in [1.165, 1.54) is 15.1 Å². The molecule has 150 valence electrons. The maximum atomic E-state index is 13.2. The monoisotopic (exact) mass is 477 g/mol. The number of para-hydroxylation sites is 1. The molecule has 0 amide bonds. The van der Waals surface area contributed by atoms with Gasteiger partial charge in [0.15, 0.2) is 0 Å². The van der Waals surface area contributed by atoms with Gasteiger partial charge in [-0.05, 0) is 0 Å². The van der Waals surface area contributed by atoms with Crippen molar-refractivity contribution in [1.29, 1.82) is 0 Å². The van der Waals surface area contributed by atoms with Crippen LogP contribution in [-0.4, -0.2) is 37.0 Å². The van der Waals surface area contributed by atoms with Gasteiger partial charge in [0, 0.05) is 0 Å². The summed E-state index contributed by atoms with van der Waals surface area (Å²) in [6.07, 6.45) is -1.63. The Balaban J connectivity index is 2.18. The van der Waals surface area contributed by atoms with Crippen LogP contribution in [0.25, 0.3) is 5.69 Å². The zero-order valence-electron chi connectivity index (χ0n) is 15.5. The van der Waals surface area contributed by atoms with Crippen LogP contribution in [0.2, 0.25) is 0 Å². The number of aromatic nitrogens is 2. The molecule has 5 nitrogen and oxygen atoms in total. The molecule has 10 heteroatoms. The van der Waals surface area contributed by atoms with E-state index in [9.17, 15) is 21.6 Å². The van der Waals surface area contributed by atoms with Crippen LogP contribution in [0, 0.1) is 0 Å². The maximum absolute atomic E-state index is 13.2. The number of halogens is 3. The molecule has 2 aromatic carbocycles. The number of aryl methyl sites for hydroxylation is 1. The number of benzene rings is 2. The summed E-state index contributed by atoms with van der Waals surface area (Å²) in [6, 6.07) is 13.0. The standard InChI is InChI=1S/C19H17F3N3O2S.Ga/c1-2-7-14-8-6-11-17(25-13-15(12-23-25)19(20,21)22)18(14)24-28(26,27)16-9-4-3-5-10-16;/h3-6,8-13H,2,7H2,1H3;/q-1;+1. The van der Waals surface area contributed by atoms with E-state index in [0.29, 0.717) is 12.1 Å². The molecule has 0 bridgehead atoms. The van der Waals surface area contributed by atoms with E-state index in [0.717, 1.165) is 47.9 Å². The summed E-state index contributed by atoms with van der Waals surface area (Å²) in [5.41, 5.74) is 0.423. The van der Waals surface area contributed by atoms with Crippen molar-refractivity contribution in [3.05, 3.63) is 72.1 Å². The molecule has 3 aromatic rings. The molecule has 1 heterocycles. The number of nitrogens with zero attached hydrogens (tertiary/aromatic N) is 3. The molecular formula is C19H17F3GaN3O2S. The van der Waals surface area contributed by atoms with Gasteiger partial charge in [-0.15, -0.1) is 0 Å². The first-order valence-corrected chi connectivity index (χ1v) is 11.3. The van der Waals surface area contributed by atoms with E-state index in [4.69, 9.17) is 0 Å². The van der Waals surface area contributed by atoms with Crippen molar-refractivity contribution in [1.82, 2.24) is 9.78 Å². The van der Waals surface area contributed by atoms with Gasteiger partial charge in [0.25, 0.3) is 0 Å². The van der Waals surface area contributed by atoms with Gasteiger partial charge < -0.3 is 0 Å². The number of sulfonamides is 1. The molecule has 2 radical (unpaired) electrons. The van der Waals surface area contributed by atoms with Crippen molar-refractivity contribution in [2.24, 2.45) is 0 Å². The van der Waals surface area contributed by atoms with Crippen molar-refractivity contribution in [3.8, 4) is 5.69 Å². The SMILES string of the molecule is CCCc1cccc(-n2cc(C(F)(F)F)cn2)c1[N]([Ga])S(=O)(=O)c1ccccc1. The topological polar surface area (TPSA) is 55.2 Å². The van der Waals surface area contributed by atoms with Gasteiger partial charge in [-0.25, -0.2) is 0 Å². The quantitative estimate of drug-likeness (QED) is 0.502. The average Bonchev–Trinajstić information content (AvgIpc) is 3.19. The summed E-state index contributed by atoms with van der Waals surface area (Å²) in [5, 5.41) is 3.83. The molecular weight excluding hydrogens is 461 g/mol. The van der Waals surface area contributed by atoms with E-state index >= 15 is 0 Å². The molecule has 0 unspecified atom stereocenters. The van der Waals surface area contributed by atoms with Gasteiger partial charge in [-0.2, -0.15) is 0 Å².